The fraction of sp³-hybridized carbons (Fsp3) is 0.206. The number of hydrogen-bond acceptors (Lipinski definition) is 7. The third-order valence-electron chi connectivity index (χ3n) is 6.91. The van der Waals surface area contributed by atoms with Crippen LogP contribution in [0.4, 0.5) is 14.5 Å². The number of hydrogen-bond donors (Lipinski definition) is 1. The molecule has 0 bridgehead atoms. The number of methoxy groups -OCH3 is 2. The van der Waals surface area contributed by atoms with E-state index in [9.17, 15) is 23.6 Å². The fourth-order valence-corrected chi connectivity index (χ4v) is 4.77. The first-order valence-electron chi connectivity index (χ1n) is 14.5. The molecule has 2 heterocycles. The fourth-order valence-electron chi connectivity index (χ4n) is 4.77. The number of nitrogens with zero attached hydrogens (tertiary/aromatic N) is 3. The van der Waals surface area contributed by atoms with Crippen LogP contribution in [-0.4, -0.2) is 40.0 Å². The van der Waals surface area contributed by atoms with Gasteiger partial charge < -0.3 is 14.8 Å². The molecule has 0 unspecified atom stereocenters. The lowest BCUT2D eigenvalue weighted by atomic mass is 9.98. The lowest BCUT2D eigenvalue weighted by molar-refractivity contribution is 0.102. The monoisotopic (exact) mass is 632 g/mol. The van der Waals surface area contributed by atoms with Gasteiger partial charge in [0.15, 0.2) is 17.3 Å². The maximum Gasteiger partial charge on any atom is 0.335 e. The smallest absolute Gasteiger partial charge is 0.335 e. The Morgan fingerprint density at radius 2 is 1.57 bits per heavy atom. The lowest BCUT2D eigenvalue weighted by Crippen LogP contribution is -2.42. The van der Waals surface area contributed by atoms with E-state index in [1.54, 1.807) is 12.1 Å². The molecule has 46 heavy (non-hydrogen) atoms. The molecule has 0 radical (unpaired) electrons. The van der Waals surface area contributed by atoms with Crippen LogP contribution < -0.4 is 26.0 Å². The van der Waals surface area contributed by atoms with Crippen molar-refractivity contribution in [3.8, 4) is 17.2 Å². The molecule has 1 N–H and O–H groups in total. The van der Waals surface area contributed by atoms with Gasteiger partial charge in [0, 0.05) is 43.1 Å². The van der Waals surface area contributed by atoms with Crippen molar-refractivity contribution < 1.29 is 29.3 Å². The molecule has 0 atom stereocenters. The summed E-state index contributed by atoms with van der Waals surface area (Å²) >= 11 is 0. The third-order valence-corrected chi connectivity index (χ3v) is 6.91. The molecule has 2 aromatic heterocycles. The Morgan fingerprint density at radius 1 is 0.891 bits per heavy atom. The topological polar surface area (TPSA) is 122 Å². The van der Waals surface area contributed by atoms with E-state index in [1.807, 2.05) is 20.8 Å². The van der Waals surface area contributed by atoms with Gasteiger partial charge in [-0.15, -0.1) is 0 Å². The summed E-state index contributed by atoms with van der Waals surface area (Å²) in [6, 6.07) is 12.8. The first-order chi connectivity index (χ1) is 22.2. The molecule has 0 aliphatic heterocycles. The number of nitrogens with one attached hydrogen (secondary N) is 1. The maximum absolute atomic E-state index is 15.3. The molecule has 0 aliphatic carbocycles. The molecule has 12 heteroatoms. The number of aromatic nitrogens is 3. The number of amides is 1. The number of aryl methyl sites for hydroxylation is 1. The maximum atomic E-state index is 15.3. The second-order valence-electron chi connectivity index (χ2n) is 9.70. The van der Waals surface area contributed by atoms with Crippen LogP contribution in [0.15, 0.2) is 82.6 Å². The summed E-state index contributed by atoms with van der Waals surface area (Å²) in [7, 11) is 2.92. The van der Waals surface area contributed by atoms with Gasteiger partial charge in [0.2, 0.25) is 0 Å². The minimum atomic E-state index is -0.935. The van der Waals surface area contributed by atoms with Gasteiger partial charge in [-0.3, -0.25) is 23.9 Å². The normalized spacial score (nSPS) is 10.6. The van der Waals surface area contributed by atoms with Crippen LogP contribution in [0.1, 0.15) is 54.9 Å². The summed E-state index contributed by atoms with van der Waals surface area (Å²) < 4.78 is 41.4. The molecule has 240 valence electrons. The van der Waals surface area contributed by atoms with Crippen LogP contribution in [-0.2, 0) is 6.54 Å². The zero-order valence-electron chi connectivity index (χ0n) is 25.9. The Labute approximate surface area is 264 Å². The van der Waals surface area contributed by atoms with Crippen molar-refractivity contribution in [2.75, 3.05) is 19.5 Å². The summed E-state index contributed by atoms with van der Waals surface area (Å²) in [4.78, 5) is 57.2. The number of fused-ring (bicyclic) bond motifs is 1. The number of halogens is 2. The zero-order valence-corrected chi connectivity index (χ0v) is 25.9. The highest BCUT2D eigenvalue weighted by atomic mass is 19.1. The summed E-state index contributed by atoms with van der Waals surface area (Å²) in [5, 5.41) is 2.88. The zero-order chi connectivity index (χ0) is 33.5. The highest BCUT2D eigenvalue weighted by Gasteiger charge is 2.22. The number of ether oxygens (including phenoxy) is 2. The van der Waals surface area contributed by atoms with E-state index in [1.165, 1.54) is 55.3 Å². The van der Waals surface area contributed by atoms with Gasteiger partial charge in [-0.05, 0) is 61.0 Å². The molecule has 10 nitrogen and oxygen atoms in total. The number of benzene rings is 3. The van der Waals surface area contributed by atoms with Crippen molar-refractivity contribution >= 4 is 28.3 Å². The summed E-state index contributed by atoms with van der Waals surface area (Å²) in [5.41, 5.74) is -1.63. The summed E-state index contributed by atoms with van der Waals surface area (Å²) in [5.74, 6) is -2.24. The van der Waals surface area contributed by atoms with E-state index >= 15 is 4.39 Å². The first kappa shape index (κ1) is 33.2. The van der Waals surface area contributed by atoms with Gasteiger partial charge in [-0.2, -0.15) is 0 Å². The average molecular weight is 633 g/mol. The molecule has 3 aromatic carbocycles. The quantitative estimate of drug-likeness (QED) is 0.198. The molecule has 5 rings (SSSR count). The van der Waals surface area contributed by atoms with Gasteiger partial charge in [0.1, 0.15) is 17.2 Å². The molecule has 1 amide bonds. The highest BCUT2D eigenvalue weighted by molar-refractivity contribution is 6.16. The van der Waals surface area contributed by atoms with Gasteiger partial charge in [-0.25, -0.2) is 18.1 Å². The van der Waals surface area contributed by atoms with E-state index in [0.717, 1.165) is 29.0 Å². The Morgan fingerprint density at radius 3 is 2.20 bits per heavy atom. The molecule has 5 aromatic rings. The number of anilines is 1. The number of rotatable bonds is 9. The van der Waals surface area contributed by atoms with Crippen LogP contribution in [0, 0.1) is 11.6 Å². The molecular weight excluding hydrogens is 598 g/mol. The van der Waals surface area contributed by atoms with Gasteiger partial charge >= 0.3 is 5.69 Å². The molecule has 0 saturated heterocycles. The van der Waals surface area contributed by atoms with Crippen molar-refractivity contribution in [3.63, 3.8) is 0 Å². The highest BCUT2D eigenvalue weighted by Crippen LogP contribution is 2.33. The summed E-state index contributed by atoms with van der Waals surface area (Å²) in [6.45, 7) is 6.02. The Hall–Kier alpha value is -5.65. The summed E-state index contributed by atoms with van der Waals surface area (Å²) in [6.07, 6.45) is 3.08. The van der Waals surface area contributed by atoms with Crippen LogP contribution in [0.3, 0.4) is 0 Å². The van der Waals surface area contributed by atoms with E-state index in [-0.39, 0.29) is 30.5 Å². The Bertz CT molecular complexity index is 2040. The largest absolute Gasteiger partial charge is 0.493 e. The number of pyridine rings is 1. The van der Waals surface area contributed by atoms with E-state index in [4.69, 9.17) is 9.47 Å². The minimum Gasteiger partial charge on any atom is -0.493 e. The number of carbonyl (C=O) groups is 2. The lowest BCUT2D eigenvalue weighted by Gasteiger charge is -2.13. The second kappa shape index (κ2) is 14.4. The molecule has 0 fully saturated rings. The average Bonchev–Trinajstić information content (AvgIpc) is 3.06. The van der Waals surface area contributed by atoms with Gasteiger partial charge in [-0.1, -0.05) is 20.8 Å². The molecule has 0 saturated carbocycles. The molecular formula is C34H34F2N4O6. The third kappa shape index (κ3) is 6.55. The van der Waals surface area contributed by atoms with E-state index < -0.39 is 40.1 Å². The predicted molar refractivity (Wildman–Crippen MR) is 173 cm³/mol. The Kier molecular flexibility index (Phi) is 10.4. The van der Waals surface area contributed by atoms with Crippen molar-refractivity contribution in [3.05, 3.63) is 122 Å². The van der Waals surface area contributed by atoms with Crippen molar-refractivity contribution in [1.82, 2.24) is 14.1 Å². The van der Waals surface area contributed by atoms with E-state index in [0.29, 0.717) is 28.8 Å². The van der Waals surface area contributed by atoms with Crippen LogP contribution in [0.5, 0.6) is 11.5 Å². The standard InChI is InChI=1S/C32H26F2N4O6.C2H6.H2/c1-4-13-37-17-24(31(41)38(32(37)42)20-8-5-18(33)6-9-20)30(40)36-19-7-10-22(25(34)14-19)29(39)21-11-12-35-26-16-28(44-3)27(43-2)15-23(21)26;1-2;/h5-12,14-17H,4,13H2,1-3H3,(H,36,40);1-2H3;1H. The Balaban J connectivity index is 0.00000196. The van der Waals surface area contributed by atoms with Crippen LogP contribution in [0.25, 0.3) is 16.6 Å². The second-order valence-corrected chi connectivity index (χ2v) is 9.70. The SMILES string of the molecule is CC.CCCn1cc(C(=O)Nc2ccc(C(=O)c3ccnc4cc(OC)c(OC)cc34)c(F)c2)c(=O)n(-c2ccc(F)cc2)c1=O.[HH]. The van der Waals surface area contributed by atoms with Gasteiger partial charge in [0.25, 0.3) is 11.5 Å². The van der Waals surface area contributed by atoms with E-state index in [2.05, 4.69) is 10.3 Å². The molecule has 0 aliphatic rings. The van der Waals surface area contributed by atoms with Gasteiger partial charge in [0.05, 0.1) is 31.0 Å². The van der Waals surface area contributed by atoms with Crippen molar-refractivity contribution in [2.24, 2.45) is 0 Å². The minimum absolute atomic E-state index is 0. The number of carbonyl (C=O) groups excluding carboxylic acids is 2. The van der Waals surface area contributed by atoms with Crippen molar-refractivity contribution in [2.45, 2.75) is 33.7 Å². The van der Waals surface area contributed by atoms with Crippen LogP contribution in [0.2, 0.25) is 0 Å². The van der Waals surface area contributed by atoms with Crippen molar-refractivity contribution in [1.29, 1.82) is 0 Å². The van der Waals surface area contributed by atoms with Crippen LogP contribution >= 0.6 is 0 Å². The predicted octanol–water partition coefficient (Wildman–Crippen LogP) is 6.01. The first-order valence-corrected chi connectivity index (χ1v) is 14.5. The number of ketones is 1. The molecule has 0 spiro atoms.